The van der Waals surface area contributed by atoms with Gasteiger partial charge >= 0.3 is 0 Å². The summed E-state index contributed by atoms with van der Waals surface area (Å²) in [5.74, 6) is 1.02. The Bertz CT molecular complexity index is 762. The summed E-state index contributed by atoms with van der Waals surface area (Å²) in [5, 5.41) is 25.3. The Kier molecular flexibility index (Phi) is 3.82. The van der Waals surface area contributed by atoms with Gasteiger partial charge < -0.3 is 0 Å². The fraction of sp³-hybridized carbons (Fsp3) is 0.167. The monoisotopic (exact) mass is 346 g/mol. The van der Waals surface area contributed by atoms with Crippen molar-refractivity contribution in [3.05, 3.63) is 30.8 Å². The van der Waals surface area contributed by atoms with Crippen molar-refractivity contribution in [2.75, 3.05) is 5.33 Å². The summed E-state index contributed by atoms with van der Waals surface area (Å²) in [5.41, 5.74) is 1.60. The van der Waals surface area contributed by atoms with Crippen LogP contribution in [-0.2, 0) is 6.54 Å². The van der Waals surface area contributed by atoms with E-state index in [0.717, 1.165) is 16.5 Å². The molecule has 8 nitrogen and oxygen atoms in total. The van der Waals surface area contributed by atoms with Gasteiger partial charge in [0.1, 0.15) is 0 Å². The van der Waals surface area contributed by atoms with Gasteiger partial charge in [-0.3, -0.25) is 0 Å². The van der Waals surface area contributed by atoms with Gasteiger partial charge in [-0.2, -0.15) is 4.80 Å². The SMILES string of the molecule is C=Cn1nnc(-c2ccccc2-c2nnn(CCBr)n2)n1. The Morgan fingerprint density at radius 2 is 1.71 bits per heavy atom. The second kappa shape index (κ2) is 5.92. The quantitative estimate of drug-likeness (QED) is 0.650. The molecule has 0 fully saturated rings. The van der Waals surface area contributed by atoms with E-state index in [1.165, 1.54) is 15.8 Å². The maximum Gasteiger partial charge on any atom is 0.206 e. The van der Waals surface area contributed by atoms with Gasteiger partial charge in [0.2, 0.25) is 11.6 Å². The molecule has 0 aliphatic rings. The molecule has 2 heterocycles. The summed E-state index contributed by atoms with van der Waals surface area (Å²) >= 11 is 3.34. The van der Waals surface area contributed by atoms with E-state index in [-0.39, 0.29) is 0 Å². The van der Waals surface area contributed by atoms with Crippen LogP contribution in [0.2, 0.25) is 0 Å². The van der Waals surface area contributed by atoms with Crippen LogP contribution in [0.5, 0.6) is 0 Å². The number of halogens is 1. The van der Waals surface area contributed by atoms with Crippen molar-refractivity contribution in [1.29, 1.82) is 0 Å². The molecule has 0 unspecified atom stereocenters. The molecule has 0 spiro atoms. The first-order chi connectivity index (χ1) is 10.3. The summed E-state index contributed by atoms with van der Waals surface area (Å²) in [6, 6.07) is 7.60. The number of nitrogens with zero attached hydrogens (tertiary/aromatic N) is 8. The number of rotatable bonds is 5. The Balaban J connectivity index is 2.04. The molecule has 0 bridgehead atoms. The molecule has 1 aromatic carbocycles. The topological polar surface area (TPSA) is 87.2 Å². The van der Waals surface area contributed by atoms with Gasteiger partial charge in [-0.05, 0) is 10.4 Å². The van der Waals surface area contributed by atoms with Crippen LogP contribution in [0.3, 0.4) is 0 Å². The zero-order chi connectivity index (χ0) is 14.7. The first-order valence-electron chi connectivity index (χ1n) is 6.17. The molecular weight excluding hydrogens is 336 g/mol. The van der Waals surface area contributed by atoms with Crippen LogP contribution in [-0.4, -0.2) is 45.7 Å². The van der Waals surface area contributed by atoms with Gasteiger partial charge in [0.25, 0.3) is 0 Å². The smallest absolute Gasteiger partial charge is 0.163 e. The molecule has 0 saturated heterocycles. The van der Waals surface area contributed by atoms with Gasteiger partial charge in [-0.1, -0.05) is 46.8 Å². The molecule has 0 aliphatic carbocycles. The van der Waals surface area contributed by atoms with Crippen molar-refractivity contribution in [1.82, 2.24) is 40.4 Å². The fourth-order valence-electron chi connectivity index (χ4n) is 1.80. The Labute approximate surface area is 128 Å². The average Bonchev–Trinajstić information content (AvgIpc) is 3.16. The molecule has 3 aromatic rings. The van der Waals surface area contributed by atoms with Crippen LogP contribution < -0.4 is 0 Å². The van der Waals surface area contributed by atoms with Crippen LogP contribution in [0.15, 0.2) is 30.8 Å². The van der Waals surface area contributed by atoms with Crippen LogP contribution in [0.4, 0.5) is 0 Å². The summed E-state index contributed by atoms with van der Waals surface area (Å²) in [6.45, 7) is 4.25. The maximum atomic E-state index is 4.34. The lowest BCUT2D eigenvalue weighted by Gasteiger charge is -2.01. The van der Waals surface area contributed by atoms with Gasteiger partial charge in [-0.15, -0.1) is 25.2 Å². The standard InChI is InChI=1S/C12H11BrN8/c1-2-20-16-11(14-18-20)9-5-3-4-6-10(9)12-15-19-21(17-12)8-7-13/h2-6H,1,7-8H2. The van der Waals surface area contributed by atoms with E-state index < -0.39 is 0 Å². The predicted octanol–water partition coefficient (Wildman–Crippen LogP) is 1.49. The third kappa shape index (κ3) is 2.72. The lowest BCUT2D eigenvalue weighted by Crippen LogP contribution is -2.03. The molecule has 21 heavy (non-hydrogen) atoms. The van der Waals surface area contributed by atoms with E-state index in [2.05, 4.69) is 53.3 Å². The zero-order valence-corrected chi connectivity index (χ0v) is 12.5. The van der Waals surface area contributed by atoms with Crippen molar-refractivity contribution in [2.24, 2.45) is 0 Å². The fourth-order valence-corrected chi connectivity index (χ4v) is 2.12. The predicted molar refractivity (Wildman–Crippen MR) is 80.2 cm³/mol. The molecule has 0 radical (unpaired) electrons. The number of benzene rings is 1. The maximum absolute atomic E-state index is 4.34. The lowest BCUT2D eigenvalue weighted by atomic mass is 10.1. The Morgan fingerprint density at radius 3 is 2.33 bits per heavy atom. The normalized spacial score (nSPS) is 10.7. The molecule has 0 aliphatic heterocycles. The second-order valence-corrected chi connectivity index (χ2v) is 4.85. The van der Waals surface area contributed by atoms with Crippen molar-refractivity contribution < 1.29 is 0 Å². The molecule has 2 aromatic heterocycles. The molecular formula is C12H11BrN8. The van der Waals surface area contributed by atoms with Crippen LogP contribution in [0.25, 0.3) is 29.0 Å². The minimum atomic E-state index is 0.488. The average molecular weight is 347 g/mol. The summed E-state index contributed by atoms with van der Waals surface area (Å²) in [7, 11) is 0. The number of hydrogen-bond donors (Lipinski definition) is 0. The Hall–Kier alpha value is -2.42. The molecule has 0 saturated carbocycles. The minimum absolute atomic E-state index is 0.488. The third-order valence-electron chi connectivity index (χ3n) is 2.74. The van der Waals surface area contributed by atoms with Gasteiger partial charge in [0.15, 0.2) is 0 Å². The number of hydrogen-bond acceptors (Lipinski definition) is 6. The van der Waals surface area contributed by atoms with Crippen molar-refractivity contribution in [2.45, 2.75) is 6.54 Å². The van der Waals surface area contributed by atoms with Crippen molar-refractivity contribution >= 4 is 22.1 Å². The first kappa shape index (κ1) is 13.6. The van der Waals surface area contributed by atoms with Gasteiger partial charge in [0, 0.05) is 22.7 Å². The molecule has 0 N–H and O–H groups in total. The van der Waals surface area contributed by atoms with Crippen LogP contribution in [0, 0.1) is 0 Å². The number of aryl methyl sites for hydroxylation is 1. The molecule has 0 atom stereocenters. The van der Waals surface area contributed by atoms with E-state index in [9.17, 15) is 0 Å². The number of aromatic nitrogens is 8. The van der Waals surface area contributed by atoms with Crippen molar-refractivity contribution in [3.8, 4) is 22.8 Å². The highest BCUT2D eigenvalue weighted by molar-refractivity contribution is 9.09. The zero-order valence-electron chi connectivity index (χ0n) is 11.0. The summed E-state index contributed by atoms with van der Waals surface area (Å²) in [6.07, 6.45) is 1.48. The van der Waals surface area contributed by atoms with Gasteiger partial charge in [-0.25, -0.2) is 0 Å². The Morgan fingerprint density at radius 1 is 1.05 bits per heavy atom. The van der Waals surface area contributed by atoms with E-state index >= 15 is 0 Å². The van der Waals surface area contributed by atoms with Crippen LogP contribution >= 0.6 is 15.9 Å². The minimum Gasteiger partial charge on any atom is -0.163 e. The highest BCUT2D eigenvalue weighted by atomic mass is 79.9. The van der Waals surface area contributed by atoms with E-state index in [1.807, 2.05) is 24.3 Å². The first-order valence-corrected chi connectivity index (χ1v) is 7.29. The lowest BCUT2D eigenvalue weighted by molar-refractivity contribution is 0.559. The molecule has 0 amide bonds. The molecule has 3 rings (SSSR count). The van der Waals surface area contributed by atoms with Crippen LogP contribution in [0.1, 0.15) is 0 Å². The highest BCUT2D eigenvalue weighted by Gasteiger charge is 2.15. The van der Waals surface area contributed by atoms with Gasteiger partial charge in [0.05, 0.1) is 6.54 Å². The molecule has 106 valence electrons. The summed E-state index contributed by atoms with van der Waals surface area (Å²) in [4.78, 5) is 2.84. The van der Waals surface area contributed by atoms with E-state index in [4.69, 9.17) is 0 Å². The van der Waals surface area contributed by atoms with Crippen molar-refractivity contribution in [3.63, 3.8) is 0 Å². The number of tetrazole rings is 2. The third-order valence-corrected chi connectivity index (χ3v) is 3.09. The summed E-state index contributed by atoms with van der Waals surface area (Å²) < 4.78 is 0. The second-order valence-electron chi connectivity index (χ2n) is 4.06. The largest absolute Gasteiger partial charge is 0.206 e. The van der Waals surface area contributed by atoms with E-state index in [1.54, 1.807) is 0 Å². The highest BCUT2D eigenvalue weighted by Crippen LogP contribution is 2.26. The molecule has 9 heteroatoms. The number of alkyl halides is 1. The van der Waals surface area contributed by atoms with E-state index in [0.29, 0.717) is 18.2 Å².